The summed E-state index contributed by atoms with van der Waals surface area (Å²) in [6.07, 6.45) is 1.77. The van der Waals surface area contributed by atoms with Gasteiger partial charge < -0.3 is 10.2 Å². The van der Waals surface area contributed by atoms with Crippen molar-refractivity contribution in [3.63, 3.8) is 0 Å². The highest BCUT2D eigenvalue weighted by Gasteiger charge is 2.31. The van der Waals surface area contributed by atoms with Crippen LogP contribution in [0.2, 0.25) is 0 Å². The molecule has 1 N–H and O–H groups in total. The minimum atomic E-state index is -0.353. The maximum Gasteiger partial charge on any atom is 0.244 e. The first kappa shape index (κ1) is 20.1. The van der Waals surface area contributed by atoms with Gasteiger partial charge in [0.05, 0.1) is 12.6 Å². The Bertz CT molecular complexity index is 849. The first-order valence-electron chi connectivity index (χ1n) is 10.00. The van der Waals surface area contributed by atoms with E-state index in [1.54, 1.807) is 0 Å². The van der Waals surface area contributed by atoms with E-state index in [9.17, 15) is 9.59 Å². The van der Waals surface area contributed by atoms with E-state index in [-0.39, 0.29) is 24.4 Å². The van der Waals surface area contributed by atoms with Crippen molar-refractivity contribution >= 4 is 23.2 Å². The highest BCUT2D eigenvalue weighted by Crippen LogP contribution is 2.28. The van der Waals surface area contributed by atoms with Gasteiger partial charge in [-0.3, -0.25) is 14.5 Å². The molecule has 0 aliphatic carbocycles. The van der Waals surface area contributed by atoms with Gasteiger partial charge in [0.2, 0.25) is 11.8 Å². The second-order valence-corrected chi connectivity index (χ2v) is 7.38. The van der Waals surface area contributed by atoms with Crippen LogP contribution in [-0.2, 0) is 16.0 Å². The predicted octanol–water partition coefficient (Wildman–Crippen LogP) is 3.62. The molecule has 2 amide bonds. The molecule has 1 atom stereocenters. The summed E-state index contributed by atoms with van der Waals surface area (Å²) < 4.78 is 0. The molecule has 2 aromatic rings. The molecule has 0 saturated carbocycles. The Morgan fingerprint density at radius 3 is 2.61 bits per heavy atom. The van der Waals surface area contributed by atoms with Crippen molar-refractivity contribution < 1.29 is 9.59 Å². The predicted molar refractivity (Wildman–Crippen MR) is 114 cm³/mol. The number of nitrogens with one attached hydrogen (secondary N) is 1. The number of aryl methyl sites for hydroxylation is 1. The van der Waals surface area contributed by atoms with Gasteiger partial charge >= 0.3 is 0 Å². The van der Waals surface area contributed by atoms with Crippen LogP contribution < -0.4 is 10.2 Å². The third-order valence-electron chi connectivity index (χ3n) is 5.33. The monoisotopic (exact) mass is 379 g/mol. The quantitative estimate of drug-likeness (QED) is 0.799. The summed E-state index contributed by atoms with van der Waals surface area (Å²) in [4.78, 5) is 29.6. The molecule has 0 bridgehead atoms. The molecule has 5 nitrogen and oxygen atoms in total. The molecule has 148 valence electrons. The number of carbonyl (C=O) groups excluding carboxylic acids is 2. The van der Waals surface area contributed by atoms with E-state index in [0.717, 1.165) is 29.8 Å². The molecule has 5 heteroatoms. The van der Waals surface area contributed by atoms with Crippen molar-refractivity contribution in [2.75, 3.05) is 29.9 Å². The molecule has 3 rings (SSSR count). The van der Waals surface area contributed by atoms with Gasteiger partial charge in [-0.15, -0.1) is 0 Å². The number of hydrogen-bond acceptors (Lipinski definition) is 3. The Morgan fingerprint density at radius 2 is 1.86 bits per heavy atom. The van der Waals surface area contributed by atoms with Gasteiger partial charge in [-0.25, -0.2) is 0 Å². The van der Waals surface area contributed by atoms with Gasteiger partial charge in [0.15, 0.2) is 0 Å². The molecule has 0 spiro atoms. The average Bonchev–Trinajstić information content (AvgIpc) is 3.12. The lowest BCUT2D eigenvalue weighted by atomic mass is 10.1. The SMILES string of the molecule is CCCN(CC(=O)Nc1ccccc1C)C(C)C(=O)N1CCc2ccccc21. The van der Waals surface area contributed by atoms with E-state index in [4.69, 9.17) is 0 Å². The zero-order chi connectivity index (χ0) is 20.1. The molecule has 0 fully saturated rings. The molecule has 28 heavy (non-hydrogen) atoms. The number of para-hydroxylation sites is 2. The molecular formula is C23H29N3O2. The number of benzene rings is 2. The van der Waals surface area contributed by atoms with Gasteiger partial charge in [0.1, 0.15) is 0 Å². The number of carbonyl (C=O) groups is 2. The lowest BCUT2D eigenvalue weighted by Gasteiger charge is -2.30. The molecule has 1 aliphatic rings. The van der Waals surface area contributed by atoms with Gasteiger partial charge in [-0.05, 0) is 56.5 Å². The van der Waals surface area contributed by atoms with Gasteiger partial charge in [-0.2, -0.15) is 0 Å². The zero-order valence-electron chi connectivity index (χ0n) is 16.9. The summed E-state index contributed by atoms with van der Waals surface area (Å²) in [6.45, 7) is 7.54. The number of anilines is 2. The number of rotatable bonds is 7. The highest BCUT2D eigenvalue weighted by molar-refractivity contribution is 5.99. The Kier molecular flexibility index (Phi) is 6.47. The molecule has 0 radical (unpaired) electrons. The van der Waals surface area contributed by atoms with Crippen LogP contribution in [0.3, 0.4) is 0 Å². The van der Waals surface area contributed by atoms with E-state index in [2.05, 4.69) is 18.3 Å². The van der Waals surface area contributed by atoms with Crippen LogP contribution in [0.5, 0.6) is 0 Å². The van der Waals surface area contributed by atoms with E-state index in [1.807, 2.05) is 66.1 Å². The minimum absolute atomic E-state index is 0.0575. The summed E-state index contributed by atoms with van der Waals surface area (Å²) in [5.74, 6) is -0.0358. The van der Waals surface area contributed by atoms with Crippen LogP contribution in [0.4, 0.5) is 11.4 Å². The Labute approximate surface area is 167 Å². The first-order chi connectivity index (χ1) is 13.5. The molecule has 0 saturated heterocycles. The van der Waals surface area contributed by atoms with E-state index in [0.29, 0.717) is 13.1 Å². The lowest BCUT2D eigenvalue weighted by molar-refractivity contribution is -0.125. The smallest absolute Gasteiger partial charge is 0.244 e. The molecule has 0 aromatic heterocycles. The number of nitrogens with zero attached hydrogens (tertiary/aromatic N) is 2. The van der Waals surface area contributed by atoms with E-state index < -0.39 is 0 Å². The minimum Gasteiger partial charge on any atom is -0.325 e. The van der Waals surface area contributed by atoms with Crippen LogP contribution in [-0.4, -0.2) is 42.4 Å². The van der Waals surface area contributed by atoms with Gasteiger partial charge in [-0.1, -0.05) is 43.3 Å². The van der Waals surface area contributed by atoms with Crippen LogP contribution in [0.15, 0.2) is 48.5 Å². The van der Waals surface area contributed by atoms with Crippen LogP contribution in [0, 0.1) is 6.92 Å². The third-order valence-corrected chi connectivity index (χ3v) is 5.33. The number of amides is 2. The summed E-state index contributed by atoms with van der Waals surface area (Å²) in [7, 11) is 0. The summed E-state index contributed by atoms with van der Waals surface area (Å²) >= 11 is 0. The second kappa shape index (κ2) is 9.02. The fourth-order valence-corrected chi connectivity index (χ4v) is 3.73. The van der Waals surface area contributed by atoms with Crippen molar-refractivity contribution in [1.29, 1.82) is 0 Å². The summed E-state index contributed by atoms with van der Waals surface area (Å²) in [5, 5.41) is 2.97. The highest BCUT2D eigenvalue weighted by atomic mass is 16.2. The molecule has 1 unspecified atom stereocenters. The molecular weight excluding hydrogens is 350 g/mol. The van der Waals surface area contributed by atoms with Crippen LogP contribution in [0.25, 0.3) is 0 Å². The fourth-order valence-electron chi connectivity index (χ4n) is 3.73. The lowest BCUT2D eigenvalue weighted by Crippen LogP contribution is -2.49. The Morgan fingerprint density at radius 1 is 1.14 bits per heavy atom. The summed E-state index contributed by atoms with van der Waals surface area (Å²) in [6, 6.07) is 15.4. The van der Waals surface area contributed by atoms with Crippen molar-refractivity contribution in [3.05, 3.63) is 59.7 Å². The zero-order valence-corrected chi connectivity index (χ0v) is 16.9. The third kappa shape index (κ3) is 4.42. The largest absolute Gasteiger partial charge is 0.325 e. The molecule has 2 aromatic carbocycles. The number of fused-ring (bicyclic) bond motifs is 1. The van der Waals surface area contributed by atoms with Crippen molar-refractivity contribution in [1.82, 2.24) is 4.90 Å². The van der Waals surface area contributed by atoms with E-state index in [1.165, 1.54) is 5.56 Å². The van der Waals surface area contributed by atoms with Gasteiger partial charge in [0.25, 0.3) is 0 Å². The van der Waals surface area contributed by atoms with Crippen molar-refractivity contribution in [3.8, 4) is 0 Å². The van der Waals surface area contributed by atoms with Gasteiger partial charge in [0, 0.05) is 17.9 Å². The number of hydrogen-bond donors (Lipinski definition) is 1. The Hall–Kier alpha value is -2.66. The maximum absolute atomic E-state index is 13.2. The first-order valence-corrected chi connectivity index (χ1v) is 10.00. The normalized spacial score (nSPS) is 14.1. The van der Waals surface area contributed by atoms with Crippen molar-refractivity contribution in [2.45, 2.75) is 39.7 Å². The maximum atomic E-state index is 13.2. The van der Waals surface area contributed by atoms with E-state index >= 15 is 0 Å². The van der Waals surface area contributed by atoms with Crippen LogP contribution in [0.1, 0.15) is 31.4 Å². The molecule has 1 heterocycles. The Balaban J connectivity index is 1.68. The standard InChI is InChI=1S/C23H29N3O2/c1-4-14-25(16-22(27)24-20-11-7-5-9-17(20)2)18(3)23(28)26-15-13-19-10-6-8-12-21(19)26/h5-12,18H,4,13-16H2,1-3H3,(H,24,27). The van der Waals surface area contributed by atoms with Crippen LogP contribution >= 0.6 is 0 Å². The average molecular weight is 380 g/mol. The topological polar surface area (TPSA) is 52.7 Å². The summed E-state index contributed by atoms with van der Waals surface area (Å²) in [5.41, 5.74) is 4.05. The second-order valence-electron chi connectivity index (χ2n) is 7.38. The van der Waals surface area contributed by atoms with Crippen molar-refractivity contribution in [2.24, 2.45) is 0 Å². The molecule has 1 aliphatic heterocycles. The fraction of sp³-hybridized carbons (Fsp3) is 0.391.